The zero-order valence-corrected chi connectivity index (χ0v) is 15.6. The number of carbonyl (C=O) groups excluding carboxylic acids is 2. The van der Waals surface area contributed by atoms with E-state index in [1.54, 1.807) is 6.92 Å². The van der Waals surface area contributed by atoms with E-state index in [2.05, 4.69) is 5.32 Å². The standard InChI is InChI=1S/C20H27ClN2O2/c1-14(24)23-11-9-18(10-12-23)22-20(25)19(15-5-2-3-6-15)16-7-4-8-17(21)13-16/h4,7-8,13,15,18-19H,2-3,5-6,9-12H2,1H3,(H,22,25)/t19-/m1/s1. The van der Waals surface area contributed by atoms with Crippen molar-refractivity contribution in [2.45, 2.75) is 57.4 Å². The van der Waals surface area contributed by atoms with Crippen molar-refractivity contribution in [2.75, 3.05) is 13.1 Å². The van der Waals surface area contributed by atoms with Crippen molar-refractivity contribution >= 4 is 23.4 Å². The van der Waals surface area contributed by atoms with Gasteiger partial charge in [-0.3, -0.25) is 9.59 Å². The molecule has 136 valence electrons. The number of carbonyl (C=O) groups is 2. The molecule has 2 fully saturated rings. The lowest BCUT2D eigenvalue weighted by Gasteiger charge is -2.33. The molecule has 0 radical (unpaired) electrons. The van der Waals surface area contributed by atoms with Gasteiger partial charge in [-0.2, -0.15) is 0 Å². The number of benzene rings is 1. The van der Waals surface area contributed by atoms with Crippen molar-refractivity contribution in [2.24, 2.45) is 5.92 Å². The number of hydrogen-bond acceptors (Lipinski definition) is 2. The summed E-state index contributed by atoms with van der Waals surface area (Å²) < 4.78 is 0. The number of piperidine rings is 1. The molecular formula is C20H27ClN2O2. The molecule has 1 saturated heterocycles. The van der Waals surface area contributed by atoms with Crippen molar-refractivity contribution in [1.29, 1.82) is 0 Å². The van der Waals surface area contributed by atoms with E-state index in [4.69, 9.17) is 11.6 Å². The molecule has 1 aromatic rings. The van der Waals surface area contributed by atoms with Crippen LogP contribution < -0.4 is 5.32 Å². The molecule has 25 heavy (non-hydrogen) atoms. The van der Waals surface area contributed by atoms with Crippen LogP contribution in [-0.4, -0.2) is 35.8 Å². The van der Waals surface area contributed by atoms with Crippen LogP contribution in [0.3, 0.4) is 0 Å². The number of likely N-dealkylation sites (tertiary alicyclic amines) is 1. The molecule has 1 atom stereocenters. The van der Waals surface area contributed by atoms with Crippen LogP contribution in [0.4, 0.5) is 0 Å². The zero-order valence-electron chi connectivity index (χ0n) is 14.8. The van der Waals surface area contributed by atoms with Gasteiger partial charge in [-0.05, 0) is 49.3 Å². The summed E-state index contributed by atoms with van der Waals surface area (Å²) in [5.74, 6) is 0.519. The summed E-state index contributed by atoms with van der Waals surface area (Å²) in [5, 5.41) is 3.94. The van der Waals surface area contributed by atoms with Crippen LogP contribution >= 0.6 is 11.6 Å². The van der Waals surface area contributed by atoms with Gasteiger partial charge >= 0.3 is 0 Å². The van der Waals surface area contributed by atoms with Crippen LogP contribution in [0.2, 0.25) is 5.02 Å². The predicted octanol–water partition coefficient (Wildman–Crippen LogP) is 3.74. The molecule has 5 heteroatoms. The third kappa shape index (κ3) is 4.55. The molecule has 4 nitrogen and oxygen atoms in total. The van der Waals surface area contributed by atoms with Gasteiger partial charge < -0.3 is 10.2 Å². The Balaban J connectivity index is 1.68. The lowest BCUT2D eigenvalue weighted by Crippen LogP contribution is -2.47. The van der Waals surface area contributed by atoms with Crippen molar-refractivity contribution in [3.05, 3.63) is 34.9 Å². The fourth-order valence-corrected chi connectivity index (χ4v) is 4.46. The Hall–Kier alpha value is -1.55. The number of rotatable bonds is 4. The maximum Gasteiger partial charge on any atom is 0.228 e. The molecular weight excluding hydrogens is 336 g/mol. The fraction of sp³-hybridized carbons (Fsp3) is 0.600. The van der Waals surface area contributed by atoms with Gasteiger partial charge in [0.15, 0.2) is 0 Å². The second-order valence-electron chi connectivity index (χ2n) is 7.37. The highest BCUT2D eigenvalue weighted by Crippen LogP contribution is 2.38. The van der Waals surface area contributed by atoms with Crippen LogP contribution in [0.1, 0.15) is 56.9 Å². The average Bonchev–Trinajstić information content (AvgIpc) is 3.09. The monoisotopic (exact) mass is 362 g/mol. The first-order chi connectivity index (χ1) is 12.0. The largest absolute Gasteiger partial charge is 0.353 e. The van der Waals surface area contributed by atoms with Crippen LogP contribution in [0.25, 0.3) is 0 Å². The number of nitrogens with one attached hydrogen (secondary N) is 1. The Bertz CT molecular complexity index is 620. The summed E-state index contributed by atoms with van der Waals surface area (Å²) in [5.41, 5.74) is 1.03. The van der Waals surface area contributed by atoms with E-state index in [0.29, 0.717) is 10.9 Å². The van der Waals surface area contributed by atoms with Crippen LogP contribution in [-0.2, 0) is 9.59 Å². The third-order valence-corrected chi connectivity index (χ3v) is 5.88. The van der Waals surface area contributed by atoms with E-state index in [1.807, 2.05) is 29.2 Å². The molecule has 1 aliphatic heterocycles. The molecule has 1 saturated carbocycles. The number of amides is 2. The van der Waals surface area contributed by atoms with Gasteiger partial charge in [-0.1, -0.05) is 36.6 Å². The van der Waals surface area contributed by atoms with Gasteiger partial charge in [0, 0.05) is 31.1 Å². The highest BCUT2D eigenvalue weighted by molar-refractivity contribution is 6.30. The summed E-state index contributed by atoms with van der Waals surface area (Å²) in [7, 11) is 0. The quantitative estimate of drug-likeness (QED) is 0.886. The normalized spacial score (nSPS) is 20.5. The van der Waals surface area contributed by atoms with E-state index >= 15 is 0 Å². The first-order valence-electron chi connectivity index (χ1n) is 9.36. The van der Waals surface area contributed by atoms with Gasteiger partial charge in [0.1, 0.15) is 0 Å². The summed E-state index contributed by atoms with van der Waals surface area (Å²) in [4.78, 5) is 26.4. The average molecular weight is 363 g/mol. The van der Waals surface area contributed by atoms with Gasteiger partial charge in [-0.25, -0.2) is 0 Å². The number of halogens is 1. The molecule has 1 aliphatic carbocycles. The Kier molecular flexibility index (Phi) is 6.00. The van der Waals surface area contributed by atoms with Gasteiger partial charge in [-0.15, -0.1) is 0 Å². The molecule has 1 N–H and O–H groups in total. The first-order valence-corrected chi connectivity index (χ1v) is 9.73. The van der Waals surface area contributed by atoms with Gasteiger partial charge in [0.2, 0.25) is 11.8 Å². The zero-order chi connectivity index (χ0) is 17.8. The lowest BCUT2D eigenvalue weighted by molar-refractivity contribution is -0.130. The van der Waals surface area contributed by atoms with Crippen molar-refractivity contribution in [3.8, 4) is 0 Å². The minimum Gasteiger partial charge on any atom is -0.353 e. The number of hydrogen-bond donors (Lipinski definition) is 1. The van der Waals surface area contributed by atoms with Crippen LogP contribution in [0.5, 0.6) is 0 Å². The molecule has 2 aliphatic rings. The minimum absolute atomic E-state index is 0.118. The molecule has 2 amide bonds. The van der Waals surface area contributed by atoms with E-state index in [0.717, 1.165) is 44.3 Å². The molecule has 0 bridgehead atoms. The van der Waals surface area contributed by atoms with Crippen molar-refractivity contribution < 1.29 is 9.59 Å². The molecule has 0 aromatic heterocycles. The summed E-state index contributed by atoms with van der Waals surface area (Å²) >= 11 is 6.17. The second kappa shape index (κ2) is 8.22. The lowest BCUT2D eigenvalue weighted by atomic mass is 9.83. The topological polar surface area (TPSA) is 49.4 Å². The van der Waals surface area contributed by atoms with E-state index in [9.17, 15) is 9.59 Å². The third-order valence-electron chi connectivity index (χ3n) is 5.65. The van der Waals surface area contributed by atoms with E-state index in [1.165, 1.54) is 12.8 Å². The predicted molar refractivity (Wildman–Crippen MR) is 99.6 cm³/mol. The van der Waals surface area contributed by atoms with Crippen LogP contribution in [0.15, 0.2) is 24.3 Å². The summed E-state index contributed by atoms with van der Waals surface area (Å²) in [6, 6.07) is 7.89. The minimum atomic E-state index is -0.118. The van der Waals surface area contributed by atoms with Gasteiger partial charge in [0.05, 0.1) is 5.92 Å². The first kappa shape index (κ1) is 18.2. The smallest absolute Gasteiger partial charge is 0.228 e. The highest BCUT2D eigenvalue weighted by Gasteiger charge is 2.33. The van der Waals surface area contributed by atoms with Crippen LogP contribution in [0, 0.1) is 5.92 Å². The second-order valence-corrected chi connectivity index (χ2v) is 7.80. The maximum atomic E-state index is 13.1. The van der Waals surface area contributed by atoms with E-state index in [-0.39, 0.29) is 23.8 Å². The fourth-order valence-electron chi connectivity index (χ4n) is 4.26. The summed E-state index contributed by atoms with van der Waals surface area (Å²) in [6.45, 7) is 3.06. The Labute approximate surface area is 154 Å². The maximum absolute atomic E-state index is 13.1. The van der Waals surface area contributed by atoms with Gasteiger partial charge in [0.25, 0.3) is 0 Å². The number of nitrogens with zero attached hydrogens (tertiary/aromatic N) is 1. The van der Waals surface area contributed by atoms with Crippen molar-refractivity contribution in [3.63, 3.8) is 0 Å². The molecule has 1 aromatic carbocycles. The Morgan fingerprint density at radius 3 is 2.44 bits per heavy atom. The Morgan fingerprint density at radius 2 is 1.84 bits per heavy atom. The molecule has 3 rings (SSSR count). The molecule has 0 unspecified atom stereocenters. The van der Waals surface area contributed by atoms with Crippen molar-refractivity contribution in [1.82, 2.24) is 10.2 Å². The summed E-state index contributed by atoms with van der Waals surface area (Å²) in [6.07, 6.45) is 6.27. The molecule has 0 spiro atoms. The Morgan fingerprint density at radius 1 is 1.16 bits per heavy atom. The SMILES string of the molecule is CC(=O)N1CCC(NC(=O)[C@@H](c2cccc(Cl)c2)C2CCCC2)CC1. The molecule has 1 heterocycles. The highest BCUT2D eigenvalue weighted by atomic mass is 35.5. The van der Waals surface area contributed by atoms with E-state index < -0.39 is 0 Å².